The number of rotatable bonds is 6. The molecule has 8 N–H and O–H groups in total. The standard InChI is InChI=1S/C55H78N2O10S2/c1-30(2)31(3)45-46(67-45)53(65)14-7-10-34-20-39-40-22-44(62)52(25-42(61)41(60)24-49(39,52)4)48(64)69-68-28-36-9-6-8-35(27-58)55(36)47(63)57(29-50(55)15-11-33(23-50)26-56-5)37-18-32(19-38(59)21-37)12-16-51(34)43(53)13-17-54(40,51)66/h7,10,18-19,21-22,30-31,33-36,39,41-43,45-46,48,56,58-61,64-66H,6,8-9,11-17,20,23-29H2,1-5H3. The molecule has 13 rings (SSSR count). The summed E-state index contributed by atoms with van der Waals surface area (Å²) in [5.41, 5.74) is -7.09. The molecule has 1 aromatic carbocycles. The van der Waals surface area contributed by atoms with Crippen molar-refractivity contribution in [2.45, 2.75) is 159 Å². The number of nitrogens with one attached hydrogen (secondary N) is 1. The summed E-state index contributed by atoms with van der Waals surface area (Å²) in [5, 5.41) is 90.2. The first-order valence-corrected chi connectivity index (χ1v) is 29.0. The number of aliphatic hydroxyl groups is 6. The zero-order valence-corrected chi connectivity index (χ0v) is 42.9. The molecule has 380 valence electrons. The van der Waals surface area contributed by atoms with Crippen LogP contribution in [0.3, 0.4) is 0 Å². The third-order valence-corrected chi connectivity index (χ3v) is 24.6. The Morgan fingerprint density at radius 2 is 1.75 bits per heavy atom. The third-order valence-electron chi connectivity index (χ3n) is 22.0. The van der Waals surface area contributed by atoms with Crippen molar-refractivity contribution in [3.05, 3.63) is 47.6 Å². The molecule has 19 unspecified atom stereocenters. The van der Waals surface area contributed by atoms with E-state index in [1.165, 1.54) is 21.6 Å². The number of anilines is 1. The van der Waals surface area contributed by atoms with Crippen molar-refractivity contribution in [3.8, 4) is 5.75 Å². The Morgan fingerprint density at radius 1 is 0.971 bits per heavy atom. The van der Waals surface area contributed by atoms with E-state index in [4.69, 9.17) is 4.74 Å². The number of phenolic OH excluding ortho intramolecular Hbond substituents is 1. The number of hydrogen-bond acceptors (Lipinski definition) is 13. The van der Waals surface area contributed by atoms with Gasteiger partial charge in [-0.25, -0.2) is 0 Å². The van der Waals surface area contributed by atoms with E-state index in [2.05, 4.69) is 38.2 Å². The van der Waals surface area contributed by atoms with Gasteiger partial charge in [0.2, 0.25) is 5.91 Å². The fourth-order valence-electron chi connectivity index (χ4n) is 18.6. The molecule has 8 bridgehead atoms. The minimum absolute atomic E-state index is 0.00873. The Morgan fingerprint density at radius 3 is 2.51 bits per heavy atom. The maximum absolute atomic E-state index is 16.0. The summed E-state index contributed by atoms with van der Waals surface area (Å²) in [5.74, 6) is -0.550. The van der Waals surface area contributed by atoms with Gasteiger partial charge < -0.3 is 50.7 Å². The highest BCUT2D eigenvalue weighted by molar-refractivity contribution is 8.76. The topological polar surface area (TPSA) is 204 Å². The predicted octanol–water partition coefficient (Wildman–Crippen LogP) is 6.32. The van der Waals surface area contributed by atoms with Gasteiger partial charge in [0.15, 0.2) is 5.78 Å². The molecule has 69 heavy (non-hydrogen) atoms. The maximum Gasteiger partial charge on any atom is 0.234 e. The van der Waals surface area contributed by atoms with Crippen LogP contribution < -0.4 is 10.2 Å². The van der Waals surface area contributed by atoms with Gasteiger partial charge in [-0.2, -0.15) is 0 Å². The largest absolute Gasteiger partial charge is 0.508 e. The minimum Gasteiger partial charge on any atom is -0.508 e. The molecule has 0 radical (unpaired) electrons. The summed E-state index contributed by atoms with van der Waals surface area (Å²) in [6, 6.07) is 5.52. The summed E-state index contributed by atoms with van der Waals surface area (Å²) in [6.07, 6.45) is 10.2. The lowest BCUT2D eigenvalue weighted by Gasteiger charge is -2.66. The molecule has 7 fully saturated rings. The number of allylic oxidation sites excluding steroid dienone is 2. The molecule has 1 aromatic rings. The fraction of sp³-hybridized carbons (Fsp3) is 0.782. The number of fused-ring (bicyclic) bond motifs is 1. The summed E-state index contributed by atoms with van der Waals surface area (Å²) in [4.78, 5) is 33.5. The molecule has 5 saturated carbocycles. The average Bonchev–Trinajstić information content (AvgIpc) is 3.87. The van der Waals surface area contributed by atoms with E-state index < -0.39 is 73.9 Å². The molecule has 12 nitrogen and oxygen atoms in total. The number of nitrogens with zero attached hydrogens (tertiary/aromatic N) is 1. The lowest BCUT2D eigenvalue weighted by Crippen LogP contribution is -2.70. The second-order valence-electron chi connectivity index (χ2n) is 24.8. The van der Waals surface area contributed by atoms with E-state index in [9.17, 15) is 35.7 Å². The molecular weight excluding hydrogens is 913 g/mol. The van der Waals surface area contributed by atoms with Crippen molar-refractivity contribution in [2.75, 3.05) is 37.4 Å². The lowest BCUT2D eigenvalue weighted by atomic mass is 9.39. The van der Waals surface area contributed by atoms with E-state index in [1.807, 2.05) is 24.9 Å². The van der Waals surface area contributed by atoms with Crippen LogP contribution in [0.4, 0.5) is 5.69 Å². The molecular formula is C55H78N2O10S2. The number of aromatic hydroxyl groups is 1. The highest BCUT2D eigenvalue weighted by Crippen LogP contribution is 2.76. The smallest absolute Gasteiger partial charge is 0.234 e. The monoisotopic (exact) mass is 991 g/mol. The van der Waals surface area contributed by atoms with E-state index >= 15 is 9.59 Å². The van der Waals surface area contributed by atoms with Crippen molar-refractivity contribution >= 4 is 39.0 Å². The highest BCUT2D eigenvalue weighted by Gasteiger charge is 2.78. The van der Waals surface area contributed by atoms with Crippen LogP contribution in [0.15, 0.2) is 42.0 Å². The third kappa shape index (κ3) is 6.56. The maximum atomic E-state index is 16.0. The van der Waals surface area contributed by atoms with Crippen molar-refractivity contribution in [1.82, 2.24) is 5.32 Å². The molecule has 7 aliphatic carbocycles. The number of aliphatic hydroxyl groups excluding tert-OH is 4. The number of hydrogen-bond donors (Lipinski definition) is 8. The van der Waals surface area contributed by atoms with Crippen molar-refractivity contribution in [2.24, 2.45) is 74.4 Å². The number of phenols is 1. The van der Waals surface area contributed by atoms with E-state index in [1.54, 1.807) is 18.2 Å². The number of carbonyl (C=O) groups is 2. The zero-order chi connectivity index (χ0) is 48.8. The Labute approximate surface area is 416 Å². The molecule has 14 heteroatoms. The van der Waals surface area contributed by atoms with E-state index in [0.29, 0.717) is 73.9 Å². The second kappa shape index (κ2) is 17.0. The van der Waals surface area contributed by atoms with E-state index in [-0.39, 0.29) is 66.7 Å². The molecule has 5 aliphatic heterocycles. The summed E-state index contributed by atoms with van der Waals surface area (Å²) >= 11 is 0. The molecule has 5 heterocycles. The van der Waals surface area contributed by atoms with Gasteiger partial charge in [-0.3, -0.25) is 9.59 Å². The van der Waals surface area contributed by atoms with Gasteiger partial charge in [-0.05, 0) is 173 Å². The van der Waals surface area contributed by atoms with Crippen LogP contribution in [0.1, 0.15) is 117 Å². The minimum atomic E-state index is -1.58. The van der Waals surface area contributed by atoms with Crippen LogP contribution in [-0.2, 0) is 20.7 Å². The van der Waals surface area contributed by atoms with Gasteiger partial charge in [0.1, 0.15) is 22.9 Å². The molecule has 2 saturated heterocycles. The number of aryl methyl sites for hydroxylation is 1. The Bertz CT molecular complexity index is 2300. The van der Waals surface area contributed by atoms with Crippen LogP contribution in [0, 0.1) is 74.4 Å². The quantitative estimate of drug-likeness (QED) is 0.0896. The number of ketones is 1. The van der Waals surface area contributed by atoms with Crippen LogP contribution in [0.25, 0.3) is 0 Å². The van der Waals surface area contributed by atoms with E-state index in [0.717, 1.165) is 50.6 Å². The normalized spacial score (nSPS) is 49.5. The summed E-state index contributed by atoms with van der Waals surface area (Å²) < 4.78 is 6.52. The van der Waals surface area contributed by atoms with Gasteiger partial charge in [0, 0.05) is 47.4 Å². The Kier molecular flexibility index (Phi) is 12.2. The number of carbonyl (C=O) groups excluding carboxylic acids is 2. The fourth-order valence-corrected chi connectivity index (χ4v) is 21.6. The number of epoxide rings is 1. The van der Waals surface area contributed by atoms with Gasteiger partial charge in [-0.1, -0.05) is 67.9 Å². The van der Waals surface area contributed by atoms with Crippen molar-refractivity contribution in [3.63, 3.8) is 0 Å². The van der Waals surface area contributed by atoms with Gasteiger partial charge in [0.25, 0.3) is 0 Å². The van der Waals surface area contributed by atoms with Gasteiger partial charge in [0.05, 0.1) is 34.7 Å². The average molecular weight is 991 g/mol. The molecule has 19 atom stereocenters. The van der Waals surface area contributed by atoms with Gasteiger partial charge >= 0.3 is 0 Å². The van der Waals surface area contributed by atoms with Crippen LogP contribution >= 0.6 is 21.6 Å². The number of ether oxygens (including phenoxy) is 1. The number of amides is 1. The highest BCUT2D eigenvalue weighted by atomic mass is 33.1. The van der Waals surface area contributed by atoms with Crippen molar-refractivity contribution in [1.29, 1.82) is 0 Å². The predicted molar refractivity (Wildman–Crippen MR) is 267 cm³/mol. The molecule has 12 aliphatic rings. The molecule has 0 aromatic heterocycles. The lowest BCUT2D eigenvalue weighted by molar-refractivity contribution is -0.206. The van der Waals surface area contributed by atoms with Crippen LogP contribution in [0.2, 0.25) is 0 Å². The molecule has 4 spiro atoms. The Hall–Kier alpha value is -1.98. The van der Waals surface area contributed by atoms with Crippen molar-refractivity contribution < 1.29 is 50.1 Å². The molecule has 1 amide bonds. The first-order valence-electron chi connectivity index (χ1n) is 26.6. The first-order chi connectivity index (χ1) is 32.8. The SMILES string of the molecule is CNCC1CCC2(C1)CN1C(=O)C23C(CO)CCCC3CSSC(O)C23CC(O)C(O)CC2(C)C2CC4C=CCC(O)(C5OC5C(C)C(C)C)C5CCC(O)(C2=CC3=O)C45CCc2cc(O)cc1c2. The zero-order valence-electron chi connectivity index (χ0n) is 41.3. The summed E-state index contributed by atoms with van der Waals surface area (Å²) in [6.45, 7) is 9.69. The van der Waals surface area contributed by atoms with Gasteiger partial charge in [-0.15, -0.1) is 0 Å². The summed E-state index contributed by atoms with van der Waals surface area (Å²) in [7, 11) is 4.67. The number of benzene rings is 1. The second-order valence-corrected chi connectivity index (χ2v) is 27.3. The van der Waals surface area contributed by atoms with Crippen LogP contribution in [-0.4, -0.2) is 121 Å². The first kappa shape index (κ1) is 49.2. The Balaban J connectivity index is 1.10. The van der Waals surface area contributed by atoms with Crippen LogP contribution in [0.5, 0.6) is 5.75 Å².